The van der Waals surface area contributed by atoms with Gasteiger partial charge in [0, 0.05) is 16.7 Å². The minimum Gasteiger partial charge on any atom is -0.381 e. The van der Waals surface area contributed by atoms with Gasteiger partial charge >= 0.3 is 6.18 Å². The predicted octanol–water partition coefficient (Wildman–Crippen LogP) is 5.08. The monoisotopic (exact) mass is 329 g/mol. The van der Waals surface area contributed by atoms with Gasteiger partial charge in [-0.05, 0) is 29.8 Å². The molecule has 5 heteroatoms. The zero-order valence-electron chi connectivity index (χ0n) is 9.84. The fourth-order valence-corrected chi connectivity index (χ4v) is 2.15. The minimum atomic E-state index is -4.32. The molecule has 0 aromatic heterocycles. The molecule has 2 aromatic rings. The maximum atomic E-state index is 12.8. The summed E-state index contributed by atoms with van der Waals surface area (Å²) in [7, 11) is 0. The topological polar surface area (TPSA) is 12.0 Å². The van der Waals surface area contributed by atoms with Gasteiger partial charge in [0.2, 0.25) is 0 Å². The van der Waals surface area contributed by atoms with Gasteiger partial charge in [0.15, 0.2) is 0 Å². The van der Waals surface area contributed by atoms with Crippen LogP contribution in [0.25, 0.3) is 0 Å². The fourth-order valence-electron chi connectivity index (χ4n) is 1.75. The highest BCUT2D eigenvalue weighted by Crippen LogP contribution is 2.32. The molecule has 1 nitrogen and oxygen atoms in total. The standard InChI is InChI=1S/C14H11BrF3N/c15-11-5-3-6-12(8-11)19-9-10-4-1-2-7-13(10)14(16,17)18/h1-8,19H,9H2. The molecule has 2 rings (SSSR count). The molecular weight excluding hydrogens is 319 g/mol. The highest BCUT2D eigenvalue weighted by Gasteiger charge is 2.32. The van der Waals surface area contributed by atoms with E-state index in [1.165, 1.54) is 12.1 Å². The molecule has 0 aliphatic heterocycles. The van der Waals surface area contributed by atoms with Crippen molar-refractivity contribution in [1.82, 2.24) is 0 Å². The quantitative estimate of drug-likeness (QED) is 0.827. The number of anilines is 1. The van der Waals surface area contributed by atoms with Crippen LogP contribution in [0, 0.1) is 0 Å². The molecule has 0 aliphatic carbocycles. The molecule has 0 saturated heterocycles. The smallest absolute Gasteiger partial charge is 0.381 e. The van der Waals surface area contributed by atoms with Crippen molar-refractivity contribution in [1.29, 1.82) is 0 Å². The summed E-state index contributed by atoms with van der Waals surface area (Å²) in [6.45, 7) is 0.131. The normalized spacial score (nSPS) is 11.4. The van der Waals surface area contributed by atoms with Gasteiger partial charge in [0.25, 0.3) is 0 Å². The second-order valence-corrected chi connectivity index (χ2v) is 4.93. The minimum absolute atomic E-state index is 0.131. The summed E-state index contributed by atoms with van der Waals surface area (Å²) in [4.78, 5) is 0. The van der Waals surface area contributed by atoms with Gasteiger partial charge in [-0.15, -0.1) is 0 Å². The van der Waals surface area contributed by atoms with Crippen LogP contribution in [0.5, 0.6) is 0 Å². The molecule has 0 heterocycles. The van der Waals surface area contributed by atoms with Gasteiger partial charge in [-0.1, -0.05) is 40.2 Å². The summed E-state index contributed by atoms with van der Waals surface area (Å²) in [5.74, 6) is 0. The molecule has 19 heavy (non-hydrogen) atoms. The van der Waals surface area contributed by atoms with Gasteiger partial charge in [0.1, 0.15) is 0 Å². The number of benzene rings is 2. The Morgan fingerprint density at radius 1 is 1.00 bits per heavy atom. The van der Waals surface area contributed by atoms with E-state index < -0.39 is 11.7 Å². The van der Waals surface area contributed by atoms with Crippen molar-refractivity contribution < 1.29 is 13.2 Å². The Kier molecular flexibility index (Phi) is 4.14. The van der Waals surface area contributed by atoms with Crippen LogP contribution in [0.1, 0.15) is 11.1 Å². The van der Waals surface area contributed by atoms with Crippen LogP contribution in [0.15, 0.2) is 53.0 Å². The van der Waals surface area contributed by atoms with E-state index in [-0.39, 0.29) is 12.1 Å². The Bertz CT molecular complexity index is 567. The van der Waals surface area contributed by atoms with Crippen molar-refractivity contribution in [3.8, 4) is 0 Å². The first kappa shape index (κ1) is 13.9. The molecule has 1 N–H and O–H groups in total. The van der Waals surface area contributed by atoms with Crippen LogP contribution < -0.4 is 5.32 Å². The van der Waals surface area contributed by atoms with Crippen LogP contribution in [0.4, 0.5) is 18.9 Å². The van der Waals surface area contributed by atoms with E-state index in [2.05, 4.69) is 21.2 Å². The average molecular weight is 330 g/mol. The first-order valence-corrected chi connectivity index (χ1v) is 6.40. The van der Waals surface area contributed by atoms with E-state index in [0.29, 0.717) is 0 Å². The Hall–Kier alpha value is -1.49. The van der Waals surface area contributed by atoms with Gasteiger partial charge in [0.05, 0.1) is 5.56 Å². The second-order valence-electron chi connectivity index (χ2n) is 4.02. The lowest BCUT2D eigenvalue weighted by Gasteiger charge is -2.13. The molecule has 2 aromatic carbocycles. The average Bonchev–Trinajstić information content (AvgIpc) is 2.36. The van der Waals surface area contributed by atoms with E-state index in [0.717, 1.165) is 16.2 Å². The number of hydrogen-bond acceptors (Lipinski definition) is 1. The summed E-state index contributed by atoms with van der Waals surface area (Å²) in [6.07, 6.45) is -4.32. The number of rotatable bonds is 3. The largest absolute Gasteiger partial charge is 0.416 e. The van der Waals surface area contributed by atoms with E-state index >= 15 is 0 Å². The van der Waals surface area contributed by atoms with E-state index in [9.17, 15) is 13.2 Å². The molecule has 0 bridgehead atoms. The van der Waals surface area contributed by atoms with Gasteiger partial charge < -0.3 is 5.32 Å². The summed E-state index contributed by atoms with van der Waals surface area (Å²) in [6, 6.07) is 12.9. The Morgan fingerprint density at radius 3 is 2.42 bits per heavy atom. The first-order chi connectivity index (χ1) is 8.97. The zero-order valence-corrected chi connectivity index (χ0v) is 11.4. The van der Waals surface area contributed by atoms with E-state index in [1.54, 1.807) is 12.1 Å². The van der Waals surface area contributed by atoms with Gasteiger partial charge in [-0.3, -0.25) is 0 Å². The molecule has 0 atom stereocenters. The molecule has 0 fully saturated rings. The van der Waals surface area contributed by atoms with E-state index in [1.807, 2.05) is 18.2 Å². The van der Waals surface area contributed by atoms with Crippen LogP contribution in [0.2, 0.25) is 0 Å². The molecule has 0 amide bonds. The lowest BCUT2D eigenvalue weighted by Crippen LogP contribution is -2.11. The van der Waals surface area contributed by atoms with Crippen molar-refractivity contribution in [2.75, 3.05) is 5.32 Å². The molecular formula is C14H11BrF3N. The molecule has 0 saturated carbocycles. The van der Waals surface area contributed by atoms with Crippen molar-refractivity contribution in [2.24, 2.45) is 0 Å². The predicted molar refractivity (Wildman–Crippen MR) is 72.9 cm³/mol. The van der Waals surface area contributed by atoms with Crippen LogP contribution >= 0.6 is 15.9 Å². The van der Waals surface area contributed by atoms with Crippen molar-refractivity contribution in [3.05, 3.63) is 64.1 Å². The van der Waals surface area contributed by atoms with Crippen LogP contribution in [-0.4, -0.2) is 0 Å². The lowest BCUT2D eigenvalue weighted by molar-refractivity contribution is -0.138. The third-order valence-electron chi connectivity index (χ3n) is 2.63. The summed E-state index contributed by atoms with van der Waals surface area (Å²) in [5, 5.41) is 2.98. The maximum absolute atomic E-state index is 12.8. The Balaban J connectivity index is 2.16. The summed E-state index contributed by atoms with van der Waals surface area (Å²) in [5.41, 5.74) is 0.402. The maximum Gasteiger partial charge on any atom is 0.416 e. The zero-order chi connectivity index (χ0) is 13.9. The van der Waals surface area contributed by atoms with Crippen molar-refractivity contribution in [2.45, 2.75) is 12.7 Å². The molecule has 0 unspecified atom stereocenters. The van der Waals surface area contributed by atoms with Crippen molar-refractivity contribution in [3.63, 3.8) is 0 Å². The highest BCUT2D eigenvalue weighted by atomic mass is 79.9. The van der Waals surface area contributed by atoms with Gasteiger partial charge in [-0.25, -0.2) is 0 Å². The fraction of sp³-hybridized carbons (Fsp3) is 0.143. The lowest BCUT2D eigenvalue weighted by atomic mass is 10.1. The Morgan fingerprint density at radius 2 is 1.74 bits per heavy atom. The Labute approximate surface area is 117 Å². The molecule has 0 spiro atoms. The first-order valence-electron chi connectivity index (χ1n) is 5.61. The molecule has 100 valence electrons. The SMILES string of the molecule is FC(F)(F)c1ccccc1CNc1cccc(Br)c1. The molecule has 0 aliphatic rings. The highest BCUT2D eigenvalue weighted by molar-refractivity contribution is 9.10. The van der Waals surface area contributed by atoms with Crippen LogP contribution in [0.3, 0.4) is 0 Å². The number of nitrogens with one attached hydrogen (secondary N) is 1. The third-order valence-corrected chi connectivity index (χ3v) is 3.12. The number of alkyl halides is 3. The molecule has 0 radical (unpaired) electrons. The summed E-state index contributed by atoms with van der Waals surface area (Å²) >= 11 is 3.31. The van der Waals surface area contributed by atoms with E-state index in [4.69, 9.17) is 0 Å². The third kappa shape index (κ3) is 3.73. The summed E-state index contributed by atoms with van der Waals surface area (Å²) < 4.78 is 39.3. The van der Waals surface area contributed by atoms with Crippen LogP contribution in [-0.2, 0) is 12.7 Å². The van der Waals surface area contributed by atoms with Gasteiger partial charge in [-0.2, -0.15) is 13.2 Å². The second kappa shape index (κ2) is 5.65. The number of hydrogen-bond donors (Lipinski definition) is 1. The number of halogens is 4. The van der Waals surface area contributed by atoms with Crippen molar-refractivity contribution >= 4 is 21.6 Å².